The first-order valence-electron chi connectivity index (χ1n) is 9.53. The third kappa shape index (κ3) is 5.14. The summed E-state index contributed by atoms with van der Waals surface area (Å²) in [5.41, 5.74) is 0. The van der Waals surface area contributed by atoms with Crippen molar-refractivity contribution in [1.82, 2.24) is 16.0 Å². The van der Waals surface area contributed by atoms with Crippen molar-refractivity contribution in [3.63, 3.8) is 0 Å². The van der Waals surface area contributed by atoms with E-state index in [0.717, 1.165) is 45.3 Å². The highest BCUT2D eigenvalue weighted by molar-refractivity contribution is 7.91. The lowest BCUT2D eigenvalue weighted by molar-refractivity contribution is 0.00191. The summed E-state index contributed by atoms with van der Waals surface area (Å²) in [7, 11) is -1.24. The first-order valence-corrected chi connectivity index (χ1v) is 11.5. The lowest BCUT2D eigenvalue weighted by atomic mass is 9.84. The third-order valence-corrected chi connectivity index (χ3v) is 7.32. The second-order valence-electron chi connectivity index (χ2n) is 7.70. The van der Waals surface area contributed by atoms with Crippen molar-refractivity contribution >= 4 is 9.84 Å². The van der Waals surface area contributed by atoms with Gasteiger partial charge < -0.3 is 14.8 Å². The van der Waals surface area contributed by atoms with Gasteiger partial charge in [-0.25, -0.2) is 8.42 Å². The molecule has 0 aromatic carbocycles. The molecular formula is C17H33N3O4S. The summed E-state index contributed by atoms with van der Waals surface area (Å²) in [4.78, 5) is 0. The molecule has 3 saturated heterocycles. The van der Waals surface area contributed by atoms with E-state index in [1.54, 1.807) is 7.11 Å². The number of hydrogen-bond donors (Lipinski definition) is 3. The molecule has 6 atom stereocenters. The zero-order valence-corrected chi connectivity index (χ0v) is 16.2. The molecule has 25 heavy (non-hydrogen) atoms. The molecule has 0 aromatic heterocycles. The van der Waals surface area contributed by atoms with Crippen molar-refractivity contribution in [2.24, 2.45) is 5.92 Å². The van der Waals surface area contributed by atoms with E-state index in [-0.39, 0.29) is 18.3 Å². The lowest BCUT2D eigenvalue weighted by Crippen LogP contribution is -2.62. The van der Waals surface area contributed by atoms with Crippen molar-refractivity contribution in [3.8, 4) is 0 Å². The molecule has 3 fully saturated rings. The zero-order chi connectivity index (χ0) is 17.9. The molecular weight excluding hydrogens is 342 g/mol. The van der Waals surface area contributed by atoms with Gasteiger partial charge in [0, 0.05) is 39.1 Å². The van der Waals surface area contributed by atoms with Crippen LogP contribution >= 0.6 is 0 Å². The smallest absolute Gasteiger partial charge is 0.163 e. The molecule has 3 aliphatic rings. The van der Waals surface area contributed by atoms with E-state index >= 15 is 0 Å². The van der Waals surface area contributed by atoms with Crippen LogP contribution in [0.1, 0.15) is 38.5 Å². The van der Waals surface area contributed by atoms with E-state index in [1.165, 1.54) is 6.26 Å². The van der Waals surface area contributed by atoms with Gasteiger partial charge in [-0.3, -0.25) is 10.6 Å². The lowest BCUT2D eigenvalue weighted by Gasteiger charge is -2.43. The number of sulfone groups is 1. The van der Waals surface area contributed by atoms with Gasteiger partial charge in [0.25, 0.3) is 0 Å². The van der Waals surface area contributed by atoms with Gasteiger partial charge in [0.1, 0.15) is 5.37 Å². The quantitative estimate of drug-likeness (QED) is 0.612. The number of methoxy groups -OCH3 is 1. The number of hydrogen-bond acceptors (Lipinski definition) is 7. The van der Waals surface area contributed by atoms with Gasteiger partial charge in [-0.15, -0.1) is 0 Å². The highest BCUT2D eigenvalue weighted by Crippen LogP contribution is 2.27. The summed E-state index contributed by atoms with van der Waals surface area (Å²) < 4.78 is 34.9. The van der Waals surface area contributed by atoms with Crippen LogP contribution in [0.4, 0.5) is 0 Å². The van der Waals surface area contributed by atoms with Crippen molar-refractivity contribution in [2.75, 3.05) is 33.1 Å². The Morgan fingerprint density at radius 2 is 2.04 bits per heavy atom. The summed E-state index contributed by atoms with van der Waals surface area (Å²) >= 11 is 0. The van der Waals surface area contributed by atoms with E-state index in [2.05, 4.69) is 16.0 Å². The van der Waals surface area contributed by atoms with Crippen LogP contribution in [0.3, 0.4) is 0 Å². The Bertz CT molecular complexity index is 516. The van der Waals surface area contributed by atoms with Crippen LogP contribution in [-0.2, 0) is 19.3 Å². The monoisotopic (exact) mass is 375 g/mol. The maximum atomic E-state index is 11.7. The van der Waals surface area contributed by atoms with E-state index in [4.69, 9.17) is 9.47 Å². The predicted octanol–water partition coefficient (Wildman–Crippen LogP) is 0.218. The van der Waals surface area contributed by atoms with Crippen LogP contribution in [0.15, 0.2) is 0 Å². The largest absolute Gasteiger partial charge is 0.380 e. The fourth-order valence-corrected chi connectivity index (χ4v) is 5.37. The molecule has 3 heterocycles. The number of ether oxygens (including phenoxy) is 2. The summed E-state index contributed by atoms with van der Waals surface area (Å²) in [5, 5.41) is 10.1. The van der Waals surface area contributed by atoms with Crippen LogP contribution in [0.25, 0.3) is 0 Å². The van der Waals surface area contributed by atoms with Crippen LogP contribution in [0, 0.1) is 5.92 Å². The van der Waals surface area contributed by atoms with E-state index in [1.807, 2.05) is 0 Å². The Hall–Kier alpha value is -0.250. The normalized spacial score (nSPS) is 40.2. The van der Waals surface area contributed by atoms with Crippen molar-refractivity contribution in [3.05, 3.63) is 0 Å². The number of nitrogens with one attached hydrogen (secondary N) is 3. The fraction of sp³-hybridized carbons (Fsp3) is 1.00. The SMILES string of the molecule is COC1CCC(NCC2CCCO2)NC1C1CCC(S(C)(=O)=O)NC1. The Morgan fingerprint density at radius 1 is 1.20 bits per heavy atom. The standard InChI is InChI=1S/C17H33N3O4S/c1-23-14-6-7-15(18-11-13-4-3-9-24-13)20-17(14)12-5-8-16(19-10-12)25(2,21)22/h12-20H,3-11H2,1-2H3. The van der Waals surface area contributed by atoms with Gasteiger partial charge in [-0.05, 0) is 44.4 Å². The van der Waals surface area contributed by atoms with E-state index < -0.39 is 15.2 Å². The van der Waals surface area contributed by atoms with Crippen molar-refractivity contribution in [2.45, 2.75) is 68.3 Å². The van der Waals surface area contributed by atoms with E-state index in [9.17, 15) is 8.42 Å². The highest BCUT2D eigenvalue weighted by atomic mass is 32.2. The van der Waals surface area contributed by atoms with Crippen molar-refractivity contribution in [1.29, 1.82) is 0 Å². The Balaban J connectivity index is 1.52. The number of rotatable bonds is 6. The molecule has 0 spiro atoms. The average molecular weight is 376 g/mol. The second kappa shape index (κ2) is 8.63. The number of piperidine rings is 2. The molecule has 0 aromatic rings. The third-order valence-electron chi connectivity index (χ3n) is 5.88. The Labute approximate surface area is 151 Å². The molecule has 0 saturated carbocycles. The van der Waals surface area contributed by atoms with Crippen molar-refractivity contribution < 1.29 is 17.9 Å². The van der Waals surface area contributed by atoms with Crippen LogP contribution in [-0.4, -0.2) is 71.3 Å². The van der Waals surface area contributed by atoms with Gasteiger partial charge in [-0.2, -0.15) is 0 Å². The fourth-order valence-electron chi connectivity index (χ4n) is 4.40. The molecule has 0 bridgehead atoms. The van der Waals surface area contributed by atoms with Crippen LogP contribution in [0.2, 0.25) is 0 Å². The van der Waals surface area contributed by atoms with Crippen LogP contribution < -0.4 is 16.0 Å². The Kier molecular flexibility index (Phi) is 6.73. The minimum Gasteiger partial charge on any atom is -0.380 e. The first kappa shape index (κ1) is 19.5. The topological polar surface area (TPSA) is 88.7 Å². The minimum absolute atomic E-state index is 0.183. The molecule has 3 rings (SSSR count). The molecule has 8 heteroatoms. The molecule has 6 unspecified atom stereocenters. The summed E-state index contributed by atoms with van der Waals surface area (Å²) in [6.07, 6.45) is 8.04. The maximum absolute atomic E-state index is 11.7. The van der Waals surface area contributed by atoms with Gasteiger partial charge in [-0.1, -0.05) is 0 Å². The van der Waals surface area contributed by atoms with Gasteiger partial charge >= 0.3 is 0 Å². The van der Waals surface area contributed by atoms with Gasteiger partial charge in [0.05, 0.1) is 18.4 Å². The average Bonchev–Trinajstić information content (AvgIpc) is 3.12. The summed E-state index contributed by atoms with van der Waals surface area (Å²) in [6.45, 7) is 2.49. The van der Waals surface area contributed by atoms with E-state index in [0.29, 0.717) is 25.0 Å². The van der Waals surface area contributed by atoms with Crippen LogP contribution in [0.5, 0.6) is 0 Å². The van der Waals surface area contributed by atoms with Gasteiger partial charge in [0.2, 0.25) is 0 Å². The Morgan fingerprint density at radius 3 is 2.64 bits per heavy atom. The molecule has 0 radical (unpaired) electrons. The first-order chi connectivity index (χ1) is 12.0. The second-order valence-corrected chi connectivity index (χ2v) is 9.93. The molecule has 0 amide bonds. The summed E-state index contributed by atoms with van der Waals surface area (Å²) in [6, 6.07) is 0.244. The van der Waals surface area contributed by atoms with Gasteiger partial charge in [0.15, 0.2) is 9.84 Å². The zero-order valence-electron chi connectivity index (χ0n) is 15.4. The molecule has 146 valence electrons. The predicted molar refractivity (Wildman–Crippen MR) is 97.1 cm³/mol. The highest BCUT2D eigenvalue weighted by Gasteiger charge is 2.38. The molecule has 7 nitrogen and oxygen atoms in total. The summed E-state index contributed by atoms with van der Waals surface area (Å²) in [5.74, 6) is 0.385. The molecule has 3 aliphatic heterocycles. The maximum Gasteiger partial charge on any atom is 0.163 e. The molecule has 0 aliphatic carbocycles. The minimum atomic E-state index is -3.02. The molecule has 3 N–H and O–H groups in total.